The summed E-state index contributed by atoms with van der Waals surface area (Å²) in [6.07, 6.45) is 3.95. The molecule has 1 amide bonds. The molecule has 0 saturated heterocycles. The standard InChI is InChI=1S/C16H20N4O2/c17-13(11-5-6-11)9-18-16(22)7-8-20-14-4-2-1-3-12(14)15(21)10-19-20/h1-4,10-11,13H,5-9,17H2,(H,18,22). The number of para-hydroxylation sites is 1. The zero-order chi connectivity index (χ0) is 15.5. The zero-order valence-corrected chi connectivity index (χ0v) is 12.4. The van der Waals surface area contributed by atoms with Gasteiger partial charge in [0.25, 0.3) is 0 Å². The van der Waals surface area contributed by atoms with E-state index >= 15 is 0 Å². The molecule has 0 radical (unpaired) electrons. The lowest BCUT2D eigenvalue weighted by molar-refractivity contribution is -0.121. The highest BCUT2D eigenvalue weighted by Crippen LogP contribution is 2.31. The van der Waals surface area contributed by atoms with E-state index in [1.165, 1.54) is 19.0 Å². The summed E-state index contributed by atoms with van der Waals surface area (Å²) in [5, 5.41) is 7.60. The number of nitrogens with two attached hydrogens (primary N) is 1. The number of nitrogens with one attached hydrogen (secondary N) is 1. The Kier molecular flexibility index (Phi) is 4.20. The van der Waals surface area contributed by atoms with Crippen LogP contribution in [0.4, 0.5) is 0 Å². The molecule has 1 aromatic heterocycles. The minimum Gasteiger partial charge on any atom is -0.354 e. The van der Waals surface area contributed by atoms with Crippen LogP contribution in [-0.2, 0) is 11.3 Å². The molecule has 1 aliphatic rings. The summed E-state index contributed by atoms with van der Waals surface area (Å²) in [4.78, 5) is 23.6. The fraction of sp³-hybridized carbons (Fsp3) is 0.438. The fourth-order valence-electron chi connectivity index (χ4n) is 2.56. The van der Waals surface area contributed by atoms with Gasteiger partial charge in [-0.3, -0.25) is 14.3 Å². The molecule has 0 aliphatic heterocycles. The Hall–Kier alpha value is -2.21. The van der Waals surface area contributed by atoms with Crippen molar-refractivity contribution < 1.29 is 4.79 Å². The van der Waals surface area contributed by atoms with Gasteiger partial charge in [-0.2, -0.15) is 5.10 Å². The number of fused-ring (bicyclic) bond motifs is 1. The second-order valence-electron chi connectivity index (χ2n) is 5.80. The minimum absolute atomic E-state index is 0.0410. The third-order valence-electron chi connectivity index (χ3n) is 4.08. The smallest absolute Gasteiger partial charge is 0.221 e. The highest BCUT2D eigenvalue weighted by atomic mass is 16.1. The van der Waals surface area contributed by atoms with Crippen LogP contribution < -0.4 is 16.5 Å². The van der Waals surface area contributed by atoms with Crippen molar-refractivity contribution in [3.8, 4) is 0 Å². The van der Waals surface area contributed by atoms with Gasteiger partial charge in [0.15, 0.2) is 0 Å². The van der Waals surface area contributed by atoms with E-state index in [0.717, 1.165) is 5.52 Å². The fourth-order valence-corrected chi connectivity index (χ4v) is 2.56. The number of amides is 1. The normalized spacial score (nSPS) is 15.7. The molecule has 3 N–H and O–H groups in total. The van der Waals surface area contributed by atoms with Crippen molar-refractivity contribution in [2.24, 2.45) is 11.7 Å². The topological polar surface area (TPSA) is 90.0 Å². The third-order valence-corrected chi connectivity index (χ3v) is 4.08. The number of rotatable bonds is 6. The Balaban J connectivity index is 1.60. The monoisotopic (exact) mass is 300 g/mol. The maximum Gasteiger partial charge on any atom is 0.221 e. The second-order valence-corrected chi connectivity index (χ2v) is 5.80. The summed E-state index contributed by atoms with van der Waals surface area (Å²) in [5.41, 5.74) is 6.60. The Morgan fingerprint density at radius 1 is 1.41 bits per heavy atom. The zero-order valence-electron chi connectivity index (χ0n) is 12.4. The van der Waals surface area contributed by atoms with E-state index in [0.29, 0.717) is 30.8 Å². The van der Waals surface area contributed by atoms with Gasteiger partial charge >= 0.3 is 0 Å². The van der Waals surface area contributed by atoms with Crippen LogP contribution in [0.15, 0.2) is 35.3 Å². The van der Waals surface area contributed by atoms with Gasteiger partial charge in [-0.15, -0.1) is 0 Å². The lowest BCUT2D eigenvalue weighted by Gasteiger charge is -2.12. The Labute approximate surface area is 128 Å². The summed E-state index contributed by atoms with van der Waals surface area (Å²) in [7, 11) is 0. The second kappa shape index (κ2) is 6.27. The van der Waals surface area contributed by atoms with Crippen molar-refractivity contribution in [1.29, 1.82) is 0 Å². The van der Waals surface area contributed by atoms with Gasteiger partial charge in [0.1, 0.15) is 0 Å². The van der Waals surface area contributed by atoms with Crippen molar-refractivity contribution in [2.45, 2.75) is 31.8 Å². The third kappa shape index (κ3) is 3.33. The number of carbonyl (C=O) groups is 1. The number of hydrogen-bond acceptors (Lipinski definition) is 4. The predicted octanol–water partition coefficient (Wildman–Crippen LogP) is 0.640. The van der Waals surface area contributed by atoms with Crippen LogP contribution in [0.25, 0.3) is 10.9 Å². The van der Waals surface area contributed by atoms with Crippen LogP contribution in [0.1, 0.15) is 19.3 Å². The number of aromatic nitrogens is 2. The van der Waals surface area contributed by atoms with Crippen molar-refractivity contribution in [3.05, 3.63) is 40.7 Å². The molecule has 116 valence electrons. The molecule has 6 nitrogen and oxygen atoms in total. The first-order valence-electron chi connectivity index (χ1n) is 7.62. The van der Waals surface area contributed by atoms with Crippen molar-refractivity contribution >= 4 is 16.8 Å². The molecular formula is C16H20N4O2. The summed E-state index contributed by atoms with van der Waals surface area (Å²) in [6.45, 7) is 0.965. The average Bonchev–Trinajstić information content (AvgIpc) is 3.37. The van der Waals surface area contributed by atoms with E-state index in [2.05, 4.69) is 10.4 Å². The minimum atomic E-state index is -0.105. The first-order chi connectivity index (χ1) is 10.6. The van der Waals surface area contributed by atoms with Gasteiger partial charge in [-0.25, -0.2) is 0 Å². The van der Waals surface area contributed by atoms with Crippen LogP contribution in [0.5, 0.6) is 0 Å². The lowest BCUT2D eigenvalue weighted by Crippen LogP contribution is -2.38. The molecule has 1 heterocycles. The van der Waals surface area contributed by atoms with Gasteiger partial charge in [0, 0.05) is 24.4 Å². The molecule has 2 aromatic rings. The molecule has 3 rings (SSSR count). The number of hydrogen-bond donors (Lipinski definition) is 2. The van der Waals surface area contributed by atoms with Crippen molar-refractivity contribution in [1.82, 2.24) is 15.1 Å². The van der Waals surface area contributed by atoms with Gasteiger partial charge in [-0.05, 0) is 30.9 Å². The number of carbonyl (C=O) groups excluding carboxylic acids is 1. The Morgan fingerprint density at radius 2 is 2.18 bits per heavy atom. The van der Waals surface area contributed by atoms with Crippen LogP contribution in [0, 0.1) is 5.92 Å². The van der Waals surface area contributed by atoms with Gasteiger partial charge in [-0.1, -0.05) is 12.1 Å². The highest BCUT2D eigenvalue weighted by Gasteiger charge is 2.28. The number of aryl methyl sites for hydroxylation is 1. The van der Waals surface area contributed by atoms with E-state index in [4.69, 9.17) is 5.73 Å². The van der Waals surface area contributed by atoms with Crippen LogP contribution in [0.2, 0.25) is 0 Å². The Bertz CT molecular complexity index is 736. The summed E-state index contributed by atoms with van der Waals surface area (Å²) in [5.74, 6) is 0.533. The number of benzene rings is 1. The van der Waals surface area contributed by atoms with Crippen LogP contribution in [0.3, 0.4) is 0 Å². The molecule has 1 atom stereocenters. The number of nitrogens with zero attached hydrogens (tertiary/aromatic N) is 2. The molecule has 6 heteroatoms. The van der Waals surface area contributed by atoms with Crippen LogP contribution >= 0.6 is 0 Å². The van der Waals surface area contributed by atoms with E-state index in [-0.39, 0.29) is 17.4 Å². The summed E-state index contributed by atoms with van der Waals surface area (Å²) in [6, 6.07) is 7.35. The lowest BCUT2D eigenvalue weighted by atomic mass is 10.2. The van der Waals surface area contributed by atoms with E-state index in [1.54, 1.807) is 10.7 Å². The molecule has 22 heavy (non-hydrogen) atoms. The SMILES string of the molecule is NC(CNC(=O)CCn1ncc(=O)c2ccccc21)C1CC1. The van der Waals surface area contributed by atoms with E-state index in [9.17, 15) is 9.59 Å². The van der Waals surface area contributed by atoms with Crippen LogP contribution in [-0.4, -0.2) is 28.3 Å². The maximum atomic E-state index is 11.9. The molecule has 0 spiro atoms. The molecule has 1 aliphatic carbocycles. The average molecular weight is 300 g/mol. The summed E-state index contributed by atoms with van der Waals surface area (Å²) < 4.78 is 1.69. The summed E-state index contributed by atoms with van der Waals surface area (Å²) >= 11 is 0. The molecule has 1 unspecified atom stereocenters. The van der Waals surface area contributed by atoms with Gasteiger partial charge in [0.2, 0.25) is 11.3 Å². The first-order valence-corrected chi connectivity index (χ1v) is 7.62. The quantitative estimate of drug-likeness (QED) is 0.819. The van der Waals surface area contributed by atoms with E-state index in [1.807, 2.05) is 18.2 Å². The molecule has 0 bridgehead atoms. The molecular weight excluding hydrogens is 280 g/mol. The molecule has 1 saturated carbocycles. The van der Waals surface area contributed by atoms with Crippen molar-refractivity contribution in [2.75, 3.05) is 6.54 Å². The largest absolute Gasteiger partial charge is 0.354 e. The van der Waals surface area contributed by atoms with E-state index < -0.39 is 0 Å². The highest BCUT2D eigenvalue weighted by molar-refractivity contribution is 5.79. The first kappa shape index (κ1) is 14.7. The van der Waals surface area contributed by atoms with Gasteiger partial charge in [0.05, 0.1) is 18.3 Å². The molecule has 1 fully saturated rings. The van der Waals surface area contributed by atoms with Gasteiger partial charge < -0.3 is 11.1 Å². The maximum absolute atomic E-state index is 11.9. The predicted molar refractivity (Wildman–Crippen MR) is 84.3 cm³/mol. The molecule has 1 aromatic carbocycles. The van der Waals surface area contributed by atoms with Crippen molar-refractivity contribution in [3.63, 3.8) is 0 Å². The Morgan fingerprint density at radius 3 is 2.95 bits per heavy atom.